The number of pyridine rings is 1. The van der Waals surface area contributed by atoms with E-state index in [0.717, 1.165) is 35.5 Å². The van der Waals surface area contributed by atoms with Crippen LogP contribution in [-0.2, 0) is 36.8 Å². The quantitative estimate of drug-likeness (QED) is 0.256. The van der Waals surface area contributed by atoms with Gasteiger partial charge >= 0.3 is 5.97 Å². The molecule has 0 bridgehead atoms. The molecule has 1 saturated heterocycles. The van der Waals surface area contributed by atoms with Gasteiger partial charge in [0.25, 0.3) is 0 Å². The van der Waals surface area contributed by atoms with E-state index < -0.39 is 17.4 Å². The van der Waals surface area contributed by atoms with Crippen molar-refractivity contribution in [3.8, 4) is 0 Å². The monoisotopic (exact) mass is 531 g/mol. The van der Waals surface area contributed by atoms with Crippen LogP contribution in [0.4, 0.5) is 0 Å². The number of ether oxygens (including phenoxy) is 3. The zero-order chi connectivity index (χ0) is 28.0. The number of aromatic nitrogens is 2. The molecule has 2 aromatic heterocycles. The van der Waals surface area contributed by atoms with Crippen LogP contribution in [0.1, 0.15) is 39.0 Å². The number of carbonyl (C=O) groups is 2. The van der Waals surface area contributed by atoms with Gasteiger partial charge in [-0.1, -0.05) is 76.2 Å². The standard InChI is InChI=1S/C18H20N2O2.C13H17NO3/c1-18(2)10-21-16(22-11-18)9-15-17-13(7-8-19-15)12-5-3-4-6-14(12)20-17;1-13(2,9-15)11(14)12(16)17-8-10-6-4-3-5-7-10/h3-8,16,20H,9-11H2,1-2H3;3-7,9,11H,8,14H2,1-2H3. The van der Waals surface area contributed by atoms with E-state index in [0.29, 0.717) is 12.7 Å². The van der Waals surface area contributed by atoms with Crippen LogP contribution in [0.5, 0.6) is 0 Å². The van der Waals surface area contributed by atoms with Crippen molar-refractivity contribution in [2.24, 2.45) is 16.6 Å². The van der Waals surface area contributed by atoms with Crippen LogP contribution in [0.15, 0.2) is 66.9 Å². The number of aromatic amines is 1. The van der Waals surface area contributed by atoms with Crippen LogP contribution in [0.25, 0.3) is 21.8 Å². The van der Waals surface area contributed by atoms with E-state index in [1.54, 1.807) is 13.8 Å². The Bertz CT molecular complexity index is 1400. The fourth-order valence-electron chi connectivity index (χ4n) is 4.18. The average Bonchev–Trinajstić information content (AvgIpc) is 3.33. The van der Waals surface area contributed by atoms with Crippen molar-refractivity contribution >= 4 is 34.1 Å². The van der Waals surface area contributed by atoms with Crippen LogP contribution in [0.3, 0.4) is 0 Å². The number of H-pyrrole nitrogens is 1. The lowest BCUT2D eigenvalue weighted by Gasteiger charge is -2.34. The average molecular weight is 532 g/mol. The van der Waals surface area contributed by atoms with Gasteiger partial charge in [0.2, 0.25) is 0 Å². The van der Waals surface area contributed by atoms with Crippen molar-refractivity contribution in [1.29, 1.82) is 0 Å². The number of para-hydroxylation sites is 1. The van der Waals surface area contributed by atoms with Gasteiger partial charge in [0.1, 0.15) is 18.9 Å². The van der Waals surface area contributed by atoms with Gasteiger partial charge in [0.15, 0.2) is 6.29 Å². The van der Waals surface area contributed by atoms with E-state index in [2.05, 4.69) is 48.1 Å². The van der Waals surface area contributed by atoms with E-state index >= 15 is 0 Å². The number of fused-ring (bicyclic) bond motifs is 3. The Kier molecular flexibility index (Phi) is 8.80. The molecule has 1 fully saturated rings. The number of esters is 1. The van der Waals surface area contributed by atoms with E-state index in [1.807, 2.05) is 42.6 Å². The smallest absolute Gasteiger partial charge is 0.324 e. The van der Waals surface area contributed by atoms with Crippen LogP contribution < -0.4 is 5.73 Å². The molecule has 0 radical (unpaired) electrons. The lowest BCUT2D eigenvalue weighted by molar-refractivity contribution is -0.220. The molecule has 8 nitrogen and oxygen atoms in total. The summed E-state index contributed by atoms with van der Waals surface area (Å²) in [6.45, 7) is 9.13. The highest BCUT2D eigenvalue weighted by Crippen LogP contribution is 2.29. The van der Waals surface area contributed by atoms with E-state index in [4.69, 9.17) is 19.9 Å². The highest BCUT2D eigenvalue weighted by Gasteiger charge is 2.33. The summed E-state index contributed by atoms with van der Waals surface area (Å²) in [6.07, 6.45) is 2.99. The molecule has 0 amide bonds. The number of hydrogen-bond acceptors (Lipinski definition) is 7. The molecule has 1 aliphatic rings. The lowest BCUT2D eigenvalue weighted by atomic mass is 9.87. The number of carbonyl (C=O) groups excluding carboxylic acids is 2. The number of nitrogens with two attached hydrogens (primary N) is 1. The maximum absolute atomic E-state index is 11.6. The van der Waals surface area contributed by atoms with Crippen molar-refractivity contribution in [3.63, 3.8) is 0 Å². The molecule has 1 atom stereocenters. The minimum absolute atomic E-state index is 0.0943. The third kappa shape index (κ3) is 7.09. The van der Waals surface area contributed by atoms with Crippen LogP contribution in [-0.4, -0.2) is 47.8 Å². The highest BCUT2D eigenvalue weighted by atomic mass is 16.7. The first-order chi connectivity index (χ1) is 18.6. The fraction of sp³-hybridized carbons (Fsp3) is 0.387. The Labute approximate surface area is 228 Å². The molecule has 0 saturated carbocycles. The maximum Gasteiger partial charge on any atom is 0.324 e. The molecule has 0 spiro atoms. The molecule has 0 aliphatic carbocycles. The first kappa shape index (κ1) is 28.4. The van der Waals surface area contributed by atoms with Gasteiger partial charge in [-0.05, 0) is 17.7 Å². The number of hydrogen-bond donors (Lipinski definition) is 2. The summed E-state index contributed by atoms with van der Waals surface area (Å²) in [6, 6.07) is 18.7. The molecule has 4 aromatic rings. The second kappa shape index (κ2) is 12.1. The zero-order valence-electron chi connectivity index (χ0n) is 23.0. The summed E-state index contributed by atoms with van der Waals surface area (Å²) in [7, 11) is 0. The summed E-state index contributed by atoms with van der Waals surface area (Å²) < 4.78 is 16.7. The predicted molar refractivity (Wildman–Crippen MR) is 151 cm³/mol. The van der Waals surface area contributed by atoms with Crippen LogP contribution in [0, 0.1) is 10.8 Å². The number of aldehydes is 1. The van der Waals surface area contributed by atoms with Crippen molar-refractivity contribution in [3.05, 3.63) is 78.1 Å². The molecule has 206 valence electrons. The van der Waals surface area contributed by atoms with Crippen molar-refractivity contribution in [1.82, 2.24) is 9.97 Å². The summed E-state index contributed by atoms with van der Waals surface area (Å²) in [5, 5.41) is 2.43. The van der Waals surface area contributed by atoms with Crippen LogP contribution in [0.2, 0.25) is 0 Å². The first-order valence-corrected chi connectivity index (χ1v) is 13.1. The van der Waals surface area contributed by atoms with E-state index in [-0.39, 0.29) is 18.3 Å². The summed E-state index contributed by atoms with van der Waals surface area (Å²) in [4.78, 5) is 30.4. The van der Waals surface area contributed by atoms with E-state index in [9.17, 15) is 9.59 Å². The molecule has 1 unspecified atom stereocenters. The summed E-state index contributed by atoms with van der Waals surface area (Å²) in [5.74, 6) is -0.564. The summed E-state index contributed by atoms with van der Waals surface area (Å²) >= 11 is 0. The number of benzene rings is 2. The van der Waals surface area contributed by atoms with Gasteiger partial charge in [0, 0.05) is 39.7 Å². The van der Waals surface area contributed by atoms with Gasteiger partial charge in [-0.2, -0.15) is 0 Å². The van der Waals surface area contributed by atoms with Gasteiger partial charge in [-0.25, -0.2) is 0 Å². The topological polar surface area (TPSA) is 117 Å². The number of nitrogens with zero attached hydrogens (tertiary/aromatic N) is 1. The van der Waals surface area contributed by atoms with Crippen molar-refractivity contribution in [2.75, 3.05) is 13.2 Å². The van der Waals surface area contributed by atoms with Gasteiger partial charge in [-0.3, -0.25) is 9.78 Å². The number of nitrogens with one attached hydrogen (secondary N) is 1. The predicted octanol–water partition coefficient (Wildman–Crippen LogP) is 4.94. The minimum atomic E-state index is -0.941. The van der Waals surface area contributed by atoms with Gasteiger partial charge < -0.3 is 29.7 Å². The third-order valence-electron chi connectivity index (χ3n) is 6.77. The maximum atomic E-state index is 11.6. The lowest BCUT2D eigenvalue weighted by Crippen LogP contribution is -2.45. The Morgan fingerprint density at radius 2 is 1.77 bits per heavy atom. The van der Waals surface area contributed by atoms with Crippen molar-refractivity contribution < 1.29 is 23.8 Å². The zero-order valence-corrected chi connectivity index (χ0v) is 23.0. The molecular weight excluding hydrogens is 494 g/mol. The normalized spacial score (nSPS) is 16.3. The molecule has 3 N–H and O–H groups in total. The van der Waals surface area contributed by atoms with Crippen molar-refractivity contribution in [2.45, 2.75) is 53.1 Å². The largest absolute Gasteiger partial charge is 0.460 e. The highest BCUT2D eigenvalue weighted by molar-refractivity contribution is 6.07. The number of rotatable bonds is 7. The second-order valence-electron chi connectivity index (χ2n) is 11.3. The SMILES string of the molecule is CC(C)(C=O)C(N)C(=O)OCc1ccccc1.CC1(C)COC(Cc2nccc3c2[nH]c2ccccc23)OC1. The molecular formula is C31H37N3O5. The molecule has 3 heterocycles. The van der Waals surface area contributed by atoms with E-state index in [1.165, 1.54) is 10.8 Å². The molecule has 39 heavy (non-hydrogen) atoms. The fourth-order valence-corrected chi connectivity index (χ4v) is 4.18. The Hall–Kier alpha value is -3.59. The minimum Gasteiger partial charge on any atom is -0.460 e. The second-order valence-corrected chi connectivity index (χ2v) is 11.3. The van der Waals surface area contributed by atoms with Crippen LogP contribution >= 0.6 is 0 Å². The third-order valence-corrected chi connectivity index (χ3v) is 6.77. The Balaban J connectivity index is 0.000000188. The van der Waals surface area contributed by atoms with Gasteiger partial charge in [0.05, 0.1) is 24.4 Å². The Morgan fingerprint density at radius 3 is 2.46 bits per heavy atom. The first-order valence-electron chi connectivity index (χ1n) is 13.1. The van der Waals surface area contributed by atoms with Gasteiger partial charge in [-0.15, -0.1) is 0 Å². The molecule has 1 aliphatic heterocycles. The Morgan fingerprint density at radius 1 is 1.10 bits per heavy atom. The molecule has 8 heteroatoms. The molecule has 5 rings (SSSR count). The molecule has 2 aromatic carbocycles. The summed E-state index contributed by atoms with van der Waals surface area (Å²) in [5.41, 5.74) is 8.96.